The molecule has 0 aromatic heterocycles. The van der Waals surface area contributed by atoms with Crippen molar-refractivity contribution in [2.24, 2.45) is 0 Å². The molecule has 0 fully saturated rings. The first-order valence-electron chi connectivity index (χ1n) is 8.02. The molecule has 0 spiro atoms. The SMILES string of the molecule is C=CCc1cc(C(=O)NCCSCc2cccc(Cl)c2)ccc1OC. The second-order valence-corrected chi connectivity index (χ2v) is 7.00. The van der Waals surface area contributed by atoms with Crippen LogP contribution in [0.25, 0.3) is 0 Å². The lowest BCUT2D eigenvalue weighted by Crippen LogP contribution is -2.25. The third-order valence-electron chi connectivity index (χ3n) is 3.60. The second-order valence-electron chi connectivity index (χ2n) is 5.46. The van der Waals surface area contributed by atoms with E-state index in [1.165, 1.54) is 5.56 Å². The molecule has 0 radical (unpaired) electrons. The van der Waals surface area contributed by atoms with Crippen molar-refractivity contribution >= 4 is 29.3 Å². The first kappa shape index (κ1) is 19.4. The van der Waals surface area contributed by atoms with Crippen molar-refractivity contribution in [3.8, 4) is 5.75 Å². The van der Waals surface area contributed by atoms with Gasteiger partial charge in [-0.05, 0) is 47.9 Å². The van der Waals surface area contributed by atoms with Gasteiger partial charge in [-0.25, -0.2) is 0 Å². The van der Waals surface area contributed by atoms with Crippen LogP contribution in [0, 0.1) is 0 Å². The summed E-state index contributed by atoms with van der Waals surface area (Å²) >= 11 is 7.73. The van der Waals surface area contributed by atoms with Crippen LogP contribution in [-0.4, -0.2) is 25.3 Å². The summed E-state index contributed by atoms with van der Waals surface area (Å²) in [5.74, 6) is 2.42. The fraction of sp³-hybridized carbons (Fsp3) is 0.250. The van der Waals surface area contributed by atoms with Gasteiger partial charge in [-0.15, -0.1) is 6.58 Å². The summed E-state index contributed by atoms with van der Waals surface area (Å²) < 4.78 is 5.30. The van der Waals surface area contributed by atoms with Crippen LogP contribution in [0.3, 0.4) is 0 Å². The predicted octanol–water partition coefficient (Wildman–Crippen LogP) is 4.74. The Kier molecular flexibility index (Phi) is 7.89. The smallest absolute Gasteiger partial charge is 0.251 e. The predicted molar refractivity (Wildman–Crippen MR) is 107 cm³/mol. The number of ether oxygens (including phenoxy) is 1. The number of methoxy groups -OCH3 is 1. The van der Waals surface area contributed by atoms with Crippen molar-refractivity contribution in [1.29, 1.82) is 0 Å². The lowest BCUT2D eigenvalue weighted by Gasteiger charge is -2.10. The van der Waals surface area contributed by atoms with Gasteiger partial charge in [-0.1, -0.05) is 29.8 Å². The Labute approximate surface area is 158 Å². The minimum Gasteiger partial charge on any atom is -0.496 e. The number of hydrogen-bond acceptors (Lipinski definition) is 3. The number of thioether (sulfide) groups is 1. The first-order chi connectivity index (χ1) is 12.1. The highest BCUT2D eigenvalue weighted by Gasteiger charge is 2.09. The Morgan fingerprint density at radius 1 is 1.32 bits per heavy atom. The van der Waals surface area contributed by atoms with E-state index in [-0.39, 0.29) is 5.91 Å². The van der Waals surface area contributed by atoms with E-state index in [0.29, 0.717) is 18.5 Å². The third-order valence-corrected chi connectivity index (χ3v) is 4.86. The van der Waals surface area contributed by atoms with Crippen LogP contribution in [0.2, 0.25) is 5.02 Å². The number of benzene rings is 2. The van der Waals surface area contributed by atoms with E-state index in [2.05, 4.69) is 18.0 Å². The zero-order valence-corrected chi connectivity index (χ0v) is 15.8. The minimum absolute atomic E-state index is 0.0729. The summed E-state index contributed by atoms with van der Waals surface area (Å²) in [4.78, 5) is 12.3. The van der Waals surface area contributed by atoms with Crippen LogP contribution in [0.4, 0.5) is 0 Å². The summed E-state index contributed by atoms with van der Waals surface area (Å²) in [5.41, 5.74) is 2.78. The molecule has 3 nitrogen and oxygen atoms in total. The highest BCUT2D eigenvalue weighted by Crippen LogP contribution is 2.21. The fourth-order valence-corrected chi connectivity index (χ4v) is 3.41. The Hall–Kier alpha value is -1.91. The van der Waals surface area contributed by atoms with Gasteiger partial charge in [0.05, 0.1) is 7.11 Å². The fourth-order valence-electron chi connectivity index (χ4n) is 2.39. The van der Waals surface area contributed by atoms with Gasteiger partial charge in [0, 0.05) is 28.6 Å². The Morgan fingerprint density at radius 3 is 2.88 bits per heavy atom. The summed E-state index contributed by atoms with van der Waals surface area (Å²) in [6, 6.07) is 13.3. The molecule has 0 saturated carbocycles. The number of nitrogens with one attached hydrogen (secondary N) is 1. The van der Waals surface area contributed by atoms with Crippen molar-refractivity contribution in [2.75, 3.05) is 19.4 Å². The Balaban J connectivity index is 1.80. The minimum atomic E-state index is -0.0729. The van der Waals surface area contributed by atoms with Gasteiger partial charge < -0.3 is 10.1 Å². The molecular weight excluding hydrogens is 354 g/mol. The van der Waals surface area contributed by atoms with Gasteiger partial charge in [0.1, 0.15) is 5.75 Å². The number of allylic oxidation sites excluding steroid dienone is 1. The summed E-state index contributed by atoms with van der Waals surface area (Å²) in [6.45, 7) is 4.36. The van der Waals surface area contributed by atoms with E-state index in [1.54, 1.807) is 31.0 Å². The van der Waals surface area contributed by atoms with Crippen LogP contribution in [-0.2, 0) is 12.2 Å². The van der Waals surface area contributed by atoms with Gasteiger partial charge in [0.15, 0.2) is 0 Å². The van der Waals surface area contributed by atoms with E-state index >= 15 is 0 Å². The van der Waals surface area contributed by atoms with Crippen LogP contribution < -0.4 is 10.1 Å². The number of carbonyl (C=O) groups excluding carboxylic acids is 1. The second kappa shape index (κ2) is 10.2. The molecule has 1 amide bonds. The normalized spacial score (nSPS) is 10.3. The summed E-state index contributed by atoms with van der Waals surface area (Å²) in [7, 11) is 1.62. The molecule has 0 unspecified atom stereocenters. The van der Waals surface area contributed by atoms with Crippen molar-refractivity contribution in [2.45, 2.75) is 12.2 Å². The van der Waals surface area contributed by atoms with E-state index < -0.39 is 0 Å². The largest absolute Gasteiger partial charge is 0.496 e. The molecular formula is C20H22ClNO2S. The molecule has 0 aliphatic carbocycles. The molecule has 0 saturated heterocycles. The standard InChI is InChI=1S/C20H22ClNO2S/c1-3-5-16-13-17(8-9-19(16)24-2)20(23)22-10-11-25-14-15-6-4-7-18(21)12-15/h3-4,6-9,12-13H,1,5,10-11,14H2,2H3,(H,22,23). The van der Waals surface area contributed by atoms with E-state index in [9.17, 15) is 4.79 Å². The molecule has 0 atom stereocenters. The lowest BCUT2D eigenvalue weighted by molar-refractivity contribution is 0.0956. The zero-order valence-electron chi connectivity index (χ0n) is 14.3. The number of halogens is 1. The molecule has 2 rings (SSSR count). The topological polar surface area (TPSA) is 38.3 Å². The third kappa shape index (κ3) is 6.15. The maximum Gasteiger partial charge on any atom is 0.251 e. The molecule has 2 aromatic rings. The summed E-state index contributed by atoms with van der Waals surface area (Å²) in [6.07, 6.45) is 2.46. The molecule has 2 aromatic carbocycles. The molecule has 0 heterocycles. The van der Waals surface area contributed by atoms with E-state index in [4.69, 9.17) is 16.3 Å². The van der Waals surface area contributed by atoms with Gasteiger partial charge in [0.25, 0.3) is 5.91 Å². The Morgan fingerprint density at radius 2 is 2.16 bits per heavy atom. The summed E-state index contributed by atoms with van der Waals surface area (Å²) in [5, 5.41) is 3.70. The maximum atomic E-state index is 12.3. The van der Waals surface area contributed by atoms with Crippen LogP contribution in [0.5, 0.6) is 5.75 Å². The van der Waals surface area contributed by atoms with Crippen molar-refractivity contribution < 1.29 is 9.53 Å². The average molecular weight is 376 g/mol. The number of carbonyl (C=O) groups is 1. The monoisotopic (exact) mass is 375 g/mol. The van der Waals surface area contributed by atoms with Crippen LogP contribution >= 0.6 is 23.4 Å². The molecule has 0 aliphatic heterocycles. The van der Waals surface area contributed by atoms with Gasteiger partial charge in [0.2, 0.25) is 0 Å². The van der Waals surface area contributed by atoms with Gasteiger partial charge >= 0.3 is 0 Å². The molecule has 0 aliphatic rings. The van der Waals surface area contributed by atoms with Crippen molar-refractivity contribution in [3.05, 3.63) is 76.8 Å². The van der Waals surface area contributed by atoms with E-state index in [0.717, 1.165) is 27.8 Å². The molecule has 132 valence electrons. The van der Waals surface area contributed by atoms with Gasteiger partial charge in [-0.3, -0.25) is 4.79 Å². The molecule has 1 N–H and O–H groups in total. The maximum absolute atomic E-state index is 12.3. The molecule has 25 heavy (non-hydrogen) atoms. The van der Waals surface area contributed by atoms with Crippen LogP contribution in [0.1, 0.15) is 21.5 Å². The number of amides is 1. The highest BCUT2D eigenvalue weighted by atomic mass is 35.5. The van der Waals surface area contributed by atoms with Crippen molar-refractivity contribution in [1.82, 2.24) is 5.32 Å². The quantitative estimate of drug-likeness (QED) is 0.508. The number of hydrogen-bond donors (Lipinski definition) is 1. The number of rotatable bonds is 9. The molecule has 5 heteroatoms. The Bertz CT molecular complexity index is 733. The average Bonchev–Trinajstić information content (AvgIpc) is 2.61. The van der Waals surface area contributed by atoms with E-state index in [1.807, 2.05) is 30.3 Å². The van der Waals surface area contributed by atoms with Crippen molar-refractivity contribution in [3.63, 3.8) is 0 Å². The van der Waals surface area contributed by atoms with Gasteiger partial charge in [-0.2, -0.15) is 11.8 Å². The molecule has 0 bridgehead atoms. The highest BCUT2D eigenvalue weighted by molar-refractivity contribution is 7.98. The van der Waals surface area contributed by atoms with Crippen LogP contribution in [0.15, 0.2) is 55.1 Å². The first-order valence-corrected chi connectivity index (χ1v) is 9.55. The zero-order chi connectivity index (χ0) is 18.1. The lowest BCUT2D eigenvalue weighted by atomic mass is 10.1.